The summed E-state index contributed by atoms with van der Waals surface area (Å²) in [6, 6.07) is 0. The molecule has 0 aliphatic carbocycles. The van der Waals surface area contributed by atoms with Gasteiger partial charge in [-0.25, -0.2) is 4.79 Å². The minimum Gasteiger partial charge on any atom is -0.469 e. The van der Waals surface area contributed by atoms with Crippen molar-refractivity contribution < 1.29 is 19.1 Å². The van der Waals surface area contributed by atoms with Crippen LogP contribution in [-0.2, 0) is 19.1 Å². The van der Waals surface area contributed by atoms with Gasteiger partial charge in [0, 0.05) is 12.8 Å². The van der Waals surface area contributed by atoms with E-state index in [4.69, 9.17) is 4.74 Å². The second-order valence-electron chi connectivity index (χ2n) is 3.29. The molecule has 0 saturated carbocycles. The largest absolute Gasteiger partial charge is 0.469 e. The van der Waals surface area contributed by atoms with Gasteiger partial charge in [0.25, 0.3) is 0 Å². The van der Waals surface area contributed by atoms with Gasteiger partial charge in [-0.15, -0.1) is 6.58 Å². The topological polar surface area (TPSA) is 52.6 Å². The first kappa shape index (κ1) is 13.7. The van der Waals surface area contributed by atoms with Gasteiger partial charge < -0.3 is 9.47 Å². The molecule has 15 heavy (non-hydrogen) atoms. The van der Waals surface area contributed by atoms with Crippen LogP contribution in [0.2, 0.25) is 0 Å². The van der Waals surface area contributed by atoms with Crippen LogP contribution >= 0.6 is 0 Å². The third kappa shape index (κ3) is 4.63. The molecule has 0 aromatic carbocycles. The molecule has 0 rings (SSSR count). The van der Waals surface area contributed by atoms with E-state index in [0.717, 1.165) is 0 Å². The quantitative estimate of drug-likeness (QED) is 0.455. The fourth-order valence-corrected chi connectivity index (χ4v) is 1.37. The zero-order valence-corrected chi connectivity index (χ0v) is 9.25. The first-order valence-electron chi connectivity index (χ1n) is 4.87. The Bertz CT molecular complexity index is 213. The Morgan fingerprint density at radius 2 is 2.27 bits per heavy atom. The first-order valence-corrected chi connectivity index (χ1v) is 4.87. The maximum atomic E-state index is 11.0. The van der Waals surface area contributed by atoms with E-state index in [0.29, 0.717) is 19.3 Å². The molecule has 0 aliphatic rings. The van der Waals surface area contributed by atoms with Crippen molar-refractivity contribution in [2.45, 2.75) is 38.2 Å². The van der Waals surface area contributed by atoms with E-state index >= 15 is 0 Å². The van der Waals surface area contributed by atoms with Crippen molar-refractivity contribution in [3.8, 4) is 0 Å². The molecule has 0 bridgehead atoms. The molecule has 0 fully saturated rings. The summed E-state index contributed by atoms with van der Waals surface area (Å²) < 4.78 is 9.46. The van der Waals surface area contributed by atoms with Crippen LogP contribution in [0.25, 0.3) is 0 Å². The van der Waals surface area contributed by atoms with E-state index in [1.807, 2.05) is 6.92 Å². The van der Waals surface area contributed by atoms with Crippen molar-refractivity contribution in [1.29, 1.82) is 0 Å². The van der Waals surface area contributed by atoms with Gasteiger partial charge in [0.05, 0.1) is 7.11 Å². The first-order chi connectivity index (χ1) is 7.14. The zero-order chi connectivity index (χ0) is 11.7. The molecule has 0 saturated heterocycles. The molecule has 0 amide bonds. The molecule has 0 aliphatic heterocycles. The lowest BCUT2D eigenvalue weighted by Gasteiger charge is -2.28. The number of hydrogen-bond acceptors (Lipinski definition) is 4. The van der Waals surface area contributed by atoms with Crippen LogP contribution in [0.1, 0.15) is 32.6 Å². The SMILES string of the molecule is C=CCC(CC)(CCC(=O)OC)O[C]=O. The molecule has 85 valence electrons. The zero-order valence-electron chi connectivity index (χ0n) is 9.25. The number of carbonyl (C=O) groups is 1. The molecular formula is C11H17O4. The molecule has 0 spiro atoms. The van der Waals surface area contributed by atoms with Crippen LogP contribution in [0.5, 0.6) is 0 Å². The highest BCUT2D eigenvalue weighted by Gasteiger charge is 2.29. The van der Waals surface area contributed by atoms with Gasteiger partial charge in [-0.1, -0.05) is 13.0 Å². The van der Waals surface area contributed by atoms with Crippen LogP contribution in [0.15, 0.2) is 12.7 Å². The summed E-state index contributed by atoms with van der Waals surface area (Å²) in [6.45, 7) is 6.92. The molecule has 4 heteroatoms. The van der Waals surface area contributed by atoms with Gasteiger partial charge in [0.2, 0.25) is 0 Å². The van der Waals surface area contributed by atoms with E-state index in [1.165, 1.54) is 13.6 Å². The third-order valence-corrected chi connectivity index (χ3v) is 2.43. The molecule has 1 atom stereocenters. The van der Waals surface area contributed by atoms with Crippen LogP contribution in [0.3, 0.4) is 0 Å². The maximum Gasteiger partial charge on any atom is 0.418 e. The number of esters is 1. The van der Waals surface area contributed by atoms with Crippen molar-refractivity contribution in [1.82, 2.24) is 0 Å². The number of rotatable bonds is 8. The standard InChI is InChI=1S/C11H17O4/c1-4-7-11(5-2,15-9-12)8-6-10(13)14-3/h4H,1,5-8H2,2-3H3. The Morgan fingerprint density at radius 3 is 2.67 bits per heavy atom. The molecule has 0 heterocycles. The minimum absolute atomic E-state index is 0.222. The molecule has 0 aromatic rings. The fourth-order valence-electron chi connectivity index (χ4n) is 1.37. The Morgan fingerprint density at radius 1 is 1.60 bits per heavy atom. The third-order valence-electron chi connectivity index (χ3n) is 2.43. The molecular weight excluding hydrogens is 196 g/mol. The monoisotopic (exact) mass is 213 g/mol. The van der Waals surface area contributed by atoms with Crippen LogP contribution in [0, 0.1) is 0 Å². The highest BCUT2D eigenvalue weighted by atomic mass is 16.5. The summed E-state index contributed by atoms with van der Waals surface area (Å²) in [5, 5.41) is 0. The van der Waals surface area contributed by atoms with Crippen molar-refractivity contribution in [3.63, 3.8) is 0 Å². The van der Waals surface area contributed by atoms with Gasteiger partial charge in [-0.3, -0.25) is 4.79 Å². The maximum absolute atomic E-state index is 11.0. The van der Waals surface area contributed by atoms with E-state index in [-0.39, 0.29) is 12.4 Å². The van der Waals surface area contributed by atoms with Crippen LogP contribution in [0.4, 0.5) is 0 Å². The Labute approximate surface area is 90.2 Å². The smallest absolute Gasteiger partial charge is 0.418 e. The van der Waals surface area contributed by atoms with Crippen LogP contribution in [-0.4, -0.2) is 25.2 Å². The molecule has 1 unspecified atom stereocenters. The van der Waals surface area contributed by atoms with Gasteiger partial charge in [0.1, 0.15) is 5.60 Å². The van der Waals surface area contributed by atoms with Gasteiger partial charge in [-0.2, -0.15) is 0 Å². The second-order valence-corrected chi connectivity index (χ2v) is 3.29. The fraction of sp³-hybridized carbons (Fsp3) is 0.636. The van der Waals surface area contributed by atoms with Gasteiger partial charge in [0.15, 0.2) is 0 Å². The number of hydrogen-bond donors (Lipinski definition) is 0. The van der Waals surface area contributed by atoms with E-state index in [9.17, 15) is 9.59 Å². The highest BCUT2D eigenvalue weighted by Crippen LogP contribution is 2.26. The predicted molar refractivity (Wildman–Crippen MR) is 55.9 cm³/mol. The number of ether oxygens (including phenoxy) is 2. The Balaban J connectivity index is 4.38. The van der Waals surface area contributed by atoms with Gasteiger partial charge >= 0.3 is 12.4 Å². The van der Waals surface area contributed by atoms with Crippen molar-refractivity contribution in [3.05, 3.63) is 12.7 Å². The summed E-state index contributed by atoms with van der Waals surface area (Å²) in [4.78, 5) is 21.3. The highest BCUT2D eigenvalue weighted by molar-refractivity contribution is 5.69. The lowest BCUT2D eigenvalue weighted by molar-refractivity contribution is -0.142. The summed E-state index contributed by atoms with van der Waals surface area (Å²) in [5.41, 5.74) is -0.669. The summed E-state index contributed by atoms with van der Waals surface area (Å²) in [7, 11) is 1.33. The molecule has 1 radical (unpaired) electrons. The molecule has 4 nitrogen and oxygen atoms in total. The number of methoxy groups -OCH3 is 1. The van der Waals surface area contributed by atoms with Crippen molar-refractivity contribution in [2.75, 3.05) is 7.11 Å². The average molecular weight is 213 g/mol. The van der Waals surface area contributed by atoms with Crippen LogP contribution < -0.4 is 0 Å². The normalized spacial score (nSPS) is 13.7. The Hall–Kier alpha value is -1.32. The molecule has 0 aromatic heterocycles. The predicted octanol–water partition coefficient (Wildman–Crippen LogP) is 1.75. The summed E-state index contributed by atoms with van der Waals surface area (Å²) in [6.07, 6.45) is 3.44. The second kappa shape index (κ2) is 7.04. The summed E-state index contributed by atoms with van der Waals surface area (Å²) >= 11 is 0. The average Bonchev–Trinajstić information content (AvgIpc) is 2.26. The van der Waals surface area contributed by atoms with E-state index < -0.39 is 5.60 Å². The van der Waals surface area contributed by atoms with E-state index in [1.54, 1.807) is 6.08 Å². The number of carbonyl (C=O) groups excluding carboxylic acids is 2. The van der Waals surface area contributed by atoms with Crippen molar-refractivity contribution >= 4 is 12.4 Å². The lowest BCUT2D eigenvalue weighted by Crippen LogP contribution is -2.31. The van der Waals surface area contributed by atoms with Gasteiger partial charge in [-0.05, 0) is 12.8 Å². The molecule has 0 N–H and O–H groups in total. The Kier molecular flexibility index (Phi) is 6.42. The summed E-state index contributed by atoms with van der Waals surface area (Å²) in [5.74, 6) is -0.314. The minimum atomic E-state index is -0.669. The van der Waals surface area contributed by atoms with E-state index in [2.05, 4.69) is 11.3 Å². The van der Waals surface area contributed by atoms with Crippen molar-refractivity contribution in [2.24, 2.45) is 0 Å². The lowest BCUT2D eigenvalue weighted by atomic mass is 9.90.